The van der Waals surface area contributed by atoms with E-state index >= 15 is 0 Å². The van der Waals surface area contributed by atoms with Gasteiger partial charge in [0, 0.05) is 40.3 Å². The third-order valence-electron chi connectivity index (χ3n) is 5.42. The fraction of sp³-hybridized carbons (Fsp3) is 0.400. The number of anilines is 1. The second-order valence-electron chi connectivity index (χ2n) is 7.30. The zero-order valence-corrected chi connectivity index (χ0v) is 17.2. The lowest BCUT2D eigenvalue weighted by atomic mass is 10.1. The molecule has 0 amide bonds. The summed E-state index contributed by atoms with van der Waals surface area (Å²) in [6.45, 7) is 3.41. The third-order valence-corrected chi connectivity index (χ3v) is 5.42. The van der Waals surface area contributed by atoms with Crippen LogP contribution in [0.2, 0.25) is 0 Å². The van der Waals surface area contributed by atoms with Crippen LogP contribution in [0.5, 0.6) is 0 Å². The minimum atomic E-state index is -0.423. The van der Waals surface area contributed by atoms with Crippen LogP contribution in [-0.2, 0) is 25.4 Å². The first-order valence-corrected chi connectivity index (χ1v) is 9.71. The molecule has 0 radical (unpaired) electrons. The number of nitrogens with one attached hydrogen (secondary N) is 1. The summed E-state index contributed by atoms with van der Waals surface area (Å²) in [7, 11) is 4.41. The number of fused-ring (bicyclic) bond motifs is 1. The van der Waals surface area contributed by atoms with E-state index in [1.54, 1.807) is 25.2 Å². The first kappa shape index (κ1) is 19.9. The minimum Gasteiger partial charge on any atom is -0.465 e. The molecule has 0 atom stereocenters. The Morgan fingerprint density at radius 3 is 2.60 bits per heavy atom. The van der Waals surface area contributed by atoms with E-state index in [2.05, 4.69) is 15.2 Å². The highest BCUT2D eigenvalue weighted by molar-refractivity contribution is 5.89. The lowest BCUT2D eigenvalue weighted by Gasteiger charge is -2.28. The summed E-state index contributed by atoms with van der Waals surface area (Å²) in [5, 5.41) is 3.30. The lowest BCUT2D eigenvalue weighted by Crippen LogP contribution is -2.44. The van der Waals surface area contributed by atoms with Crippen molar-refractivity contribution in [1.82, 2.24) is 24.0 Å². The number of methoxy groups -OCH3 is 1. The molecule has 0 unspecified atom stereocenters. The zero-order chi connectivity index (χ0) is 21.4. The summed E-state index contributed by atoms with van der Waals surface area (Å²) in [4.78, 5) is 44.1. The standard InChI is InChI=1S/C20H24N6O4/c1-23-16-15(17(27)24(2)20(23)29)26(19(22-16)25-9-7-21-8-10-25)12-13-5-4-6-14(11-13)18(28)30-3/h4-6,11,21H,7-10,12H2,1-3H3. The highest BCUT2D eigenvalue weighted by Gasteiger charge is 2.24. The van der Waals surface area contributed by atoms with Crippen LogP contribution in [0, 0.1) is 0 Å². The van der Waals surface area contributed by atoms with Crippen LogP contribution in [0.25, 0.3) is 11.2 Å². The fourth-order valence-electron chi connectivity index (χ4n) is 3.79. The van der Waals surface area contributed by atoms with E-state index in [1.807, 2.05) is 10.6 Å². The Labute approximate surface area is 172 Å². The van der Waals surface area contributed by atoms with Gasteiger partial charge in [0.1, 0.15) is 0 Å². The fourth-order valence-corrected chi connectivity index (χ4v) is 3.79. The predicted molar refractivity (Wildman–Crippen MR) is 112 cm³/mol. The number of aryl methyl sites for hydroxylation is 1. The lowest BCUT2D eigenvalue weighted by molar-refractivity contribution is 0.0600. The number of hydrogen-bond donors (Lipinski definition) is 1. The van der Waals surface area contributed by atoms with Gasteiger partial charge in [0.05, 0.1) is 19.2 Å². The molecule has 30 heavy (non-hydrogen) atoms. The Hall–Kier alpha value is -3.40. The topological polar surface area (TPSA) is 103 Å². The smallest absolute Gasteiger partial charge is 0.337 e. The summed E-state index contributed by atoms with van der Waals surface area (Å²) >= 11 is 0. The van der Waals surface area contributed by atoms with E-state index < -0.39 is 17.2 Å². The van der Waals surface area contributed by atoms with E-state index in [0.29, 0.717) is 29.2 Å². The number of imidazole rings is 1. The van der Waals surface area contributed by atoms with E-state index in [1.165, 1.54) is 18.7 Å². The summed E-state index contributed by atoms with van der Waals surface area (Å²) in [6, 6.07) is 7.08. The number of piperazine rings is 1. The SMILES string of the molecule is COC(=O)c1cccc(Cn2c(N3CCNCC3)nc3c2c(=O)n(C)c(=O)n3C)c1. The summed E-state index contributed by atoms with van der Waals surface area (Å²) < 4.78 is 9.13. The predicted octanol–water partition coefficient (Wildman–Crippen LogP) is -0.322. The van der Waals surface area contributed by atoms with Crippen LogP contribution in [0.4, 0.5) is 5.95 Å². The average molecular weight is 412 g/mol. The van der Waals surface area contributed by atoms with Crippen molar-refractivity contribution < 1.29 is 9.53 Å². The molecule has 0 saturated carbocycles. The average Bonchev–Trinajstić information content (AvgIpc) is 3.15. The van der Waals surface area contributed by atoms with Gasteiger partial charge in [-0.25, -0.2) is 9.59 Å². The van der Waals surface area contributed by atoms with Crippen molar-refractivity contribution in [2.45, 2.75) is 6.54 Å². The number of carbonyl (C=O) groups excluding carboxylic acids is 1. The van der Waals surface area contributed by atoms with Crippen molar-refractivity contribution in [1.29, 1.82) is 0 Å². The number of hydrogen-bond acceptors (Lipinski definition) is 7. The Morgan fingerprint density at radius 2 is 1.90 bits per heavy atom. The minimum absolute atomic E-state index is 0.327. The second-order valence-corrected chi connectivity index (χ2v) is 7.30. The molecule has 0 spiro atoms. The van der Waals surface area contributed by atoms with Crippen LogP contribution >= 0.6 is 0 Å². The van der Waals surface area contributed by atoms with Crippen LogP contribution in [-0.4, -0.2) is 57.9 Å². The maximum absolute atomic E-state index is 13.0. The van der Waals surface area contributed by atoms with Crippen LogP contribution in [0.3, 0.4) is 0 Å². The Morgan fingerprint density at radius 1 is 1.17 bits per heavy atom. The number of nitrogens with zero attached hydrogens (tertiary/aromatic N) is 5. The van der Waals surface area contributed by atoms with Gasteiger partial charge in [-0.2, -0.15) is 4.98 Å². The number of carbonyl (C=O) groups is 1. The zero-order valence-electron chi connectivity index (χ0n) is 17.2. The van der Waals surface area contributed by atoms with Crippen LogP contribution in [0.15, 0.2) is 33.9 Å². The first-order chi connectivity index (χ1) is 14.4. The highest BCUT2D eigenvalue weighted by Crippen LogP contribution is 2.22. The normalized spacial score (nSPS) is 14.3. The molecule has 158 valence electrons. The number of esters is 1. The molecule has 1 N–H and O–H groups in total. The summed E-state index contributed by atoms with van der Waals surface area (Å²) in [5.41, 5.74) is 1.15. The van der Waals surface area contributed by atoms with Crippen molar-refractivity contribution in [2.75, 3.05) is 38.2 Å². The number of ether oxygens (including phenoxy) is 1. The van der Waals surface area contributed by atoms with Crippen molar-refractivity contribution in [2.24, 2.45) is 14.1 Å². The quantitative estimate of drug-likeness (QED) is 0.586. The monoisotopic (exact) mass is 412 g/mol. The highest BCUT2D eigenvalue weighted by atomic mass is 16.5. The van der Waals surface area contributed by atoms with Gasteiger partial charge in [0.2, 0.25) is 5.95 Å². The molecular formula is C20H24N6O4. The Bertz CT molecular complexity index is 1230. The molecule has 10 nitrogen and oxygen atoms in total. The number of rotatable bonds is 4. The van der Waals surface area contributed by atoms with Gasteiger partial charge in [0.15, 0.2) is 11.2 Å². The van der Waals surface area contributed by atoms with Crippen LogP contribution < -0.4 is 21.5 Å². The molecule has 1 aliphatic heterocycles. The number of benzene rings is 1. The molecular weight excluding hydrogens is 388 g/mol. The Balaban J connectivity index is 1.91. The largest absolute Gasteiger partial charge is 0.465 e. The molecule has 4 rings (SSSR count). The second kappa shape index (κ2) is 7.79. The first-order valence-electron chi connectivity index (χ1n) is 9.71. The van der Waals surface area contributed by atoms with E-state index in [-0.39, 0.29) is 0 Å². The van der Waals surface area contributed by atoms with E-state index in [0.717, 1.165) is 36.3 Å². The summed E-state index contributed by atoms with van der Waals surface area (Å²) in [6.07, 6.45) is 0. The molecule has 1 aliphatic rings. The van der Waals surface area contributed by atoms with Crippen molar-refractivity contribution in [3.05, 3.63) is 56.2 Å². The maximum atomic E-state index is 13.0. The van der Waals surface area contributed by atoms with Gasteiger partial charge in [-0.3, -0.25) is 18.5 Å². The van der Waals surface area contributed by atoms with Gasteiger partial charge in [0.25, 0.3) is 5.56 Å². The molecule has 1 fully saturated rings. The van der Waals surface area contributed by atoms with E-state index in [4.69, 9.17) is 4.74 Å². The van der Waals surface area contributed by atoms with E-state index in [9.17, 15) is 14.4 Å². The third kappa shape index (κ3) is 3.28. The molecule has 3 heterocycles. The Kier molecular flexibility index (Phi) is 5.17. The molecule has 3 aromatic rings. The molecule has 2 aromatic heterocycles. The molecule has 1 saturated heterocycles. The van der Waals surface area contributed by atoms with Crippen molar-refractivity contribution in [3.8, 4) is 0 Å². The van der Waals surface area contributed by atoms with Crippen LogP contribution in [0.1, 0.15) is 15.9 Å². The molecule has 1 aromatic carbocycles. The molecule has 10 heteroatoms. The number of aromatic nitrogens is 4. The van der Waals surface area contributed by atoms with Gasteiger partial charge in [-0.15, -0.1) is 0 Å². The van der Waals surface area contributed by atoms with Crippen molar-refractivity contribution >= 4 is 23.1 Å². The maximum Gasteiger partial charge on any atom is 0.337 e. The van der Waals surface area contributed by atoms with Gasteiger partial charge in [-0.05, 0) is 17.7 Å². The molecule has 0 aliphatic carbocycles. The van der Waals surface area contributed by atoms with Gasteiger partial charge >= 0.3 is 11.7 Å². The summed E-state index contributed by atoms with van der Waals surface area (Å²) in [5.74, 6) is 0.209. The van der Waals surface area contributed by atoms with Gasteiger partial charge in [-0.1, -0.05) is 12.1 Å². The van der Waals surface area contributed by atoms with Gasteiger partial charge < -0.3 is 15.0 Å². The molecule has 0 bridgehead atoms. The van der Waals surface area contributed by atoms with Crippen molar-refractivity contribution in [3.63, 3.8) is 0 Å².